The first-order valence-corrected chi connectivity index (χ1v) is 7.01. The van der Waals surface area contributed by atoms with Gasteiger partial charge in [-0.1, -0.05) is 25.1 Å². The zero-order valence-corrected chi connectivity index (χ0v) is 11.6. The number of nitrogens with one attached hydrogen (secondary N) is 2. The summed E-state index contributed by atoms with van der Waals surface area (Å²) in [6, 6.07) is 8.10. The number of hydrogen-bond acceptors (Lipinski definition) is 3. The zero-order valence-electron chi connectivity index (χ0n) is 11.6. The van der Waals surface area contributed by atoms with Crippen molar-refractivity contribution in [3.63, 3.8) is 0 Å². The van der Waals surface area contributed by atoms with Crippen molar-refractivity contribution in [1.82, 2.24) is 10.6 Å². The molecule has 104 valence electrons. The molecule has 1 fully saturated rings. The molecule has 0 radical (unpaired) electrons. The topological polar surface area (TPSA) is 50.4 Å². The minimum Gasteiger partial charge on any atom is -0.494 e. The molecule has 1 aromatic carbocycles. The van der Waals surface area contributed by atoms with Crippen molar-refractivity contribution in [2.75, 3.05) is 13.2 Å². The first kappa shape index (κ1) is 13.9. The molecule has 1 heterocycles. The van der Waals surface area contributed by atoms with E-state index < -0.39 is 0 Å². The van der Waals surface area contributed by atoms with Gasteiger partial charge in [0.2, 0.25) is 5.91 Å². The fourth-order valence-corrected chi connectivity index (χ4v) is 2.48. The minimum absolute atomic E-state index is 0.0837. The summed E-state index contributed by atoms with van der Waals surface area (Å²) in [5.41, 5.74) is 1.13. The van der Waals surface area contributed by atoms with Gasteiger partial charge in [0.25, 0.3) is 0 Å². The summed E-state index contributed by atoms with van der Waals surface area (Å²) in [5, 5.41) is 6.30. The van der Waals surface area contributed by atoms with Crippen LogP contribution in [0.1, 0.15) is 38.3 Å². The van der Waals surface area contributed by atoms with Gasteiger partial charge >= 0.3 is 0 Å². The summed E-state index contributed by atoms with van der Waals surface area (Å²) >= 11 is 0. The van der Waals surface area contributed by atoms with Crippen LogP contribution in [-0.2, 0) is 4.79 Å². The number of carbonyl (C=O) groups excluding carboxylic acids is 1. The fraction of sp³-hybridized carbons (Fsp3) is 0.533. The molecule has 4 heteroatoms. The lowest BCUT2D eigenvalue weighted by atomic mass is 10.0. The van der Waals surface area contributed by atoms with Gasteiger partial charge in [0.1, 0.15) is 5.75 Å². The summed E-state index contributed by atoms with van der Waals surface area (Å²) in [7, 11) is 0. The van der Waals surface area contributed by atoms with E-state index >= 15 is 0 Å². The van der Waals surface area contributed by atoms with Crippen LogP contribution in [0.3, 0.4) is 0 Å². The SMILES string of the molecule is CCOc1ccccc1[C@@H](CC)N[C@H]1CCNC1=O. The van der Waals surface area contributed by atoms with Crippen LogP contribution in [0.15, 0.2) is 24.3 Å². The highest BCUT2D eigenvalue weighted by Crippen LogP contribution is 2.28. The third-order valence-electron chi connectivity index (χ3n) is 3.45. The fourth-order valence-electron chi connectivity index (χ4n) is 2.48. The Hall–Kier alpha value is -1.55. The van der Waals surface area contributed by atoms with Crippen LogP contribution < -0.4 is 15.4 Å². The van der Waals surface area contributed by atoms with E-state index in [0.29, 0.717) is 6.61 Å². The van der Waals surface area contributed by atoms with Gasteiger partial charge in [0, 0.05) is 18.2 Å². The van der Waals surface area contributed by atoms with E-state index in [4.69, 9.17) is 4.74 Å². The average Bonchev–Trinajstić information content (AvgIpc) is 2.83. The van der Waals surface area contributed by atoms with E-state index in [1.165, 1.54) is 0 Å². The summed E-state index contributed by atoms with van der Waals surface area (Å²) in [6.07, 6.45) is 1.78. The van der Waals surface area contributed by atoms with Gasteiger partial charge in [-0.05, 0) is 25.8 Å². The number of amides is 1. The Labute approximate surface area is 114 Å². The average molecular weight is 262 g/mol. The lowest BCUT2D eigenvalue weighted by Crippen LogP contribution is -2.38. The number of benzene rings is 1. The third-order valence-corrected chi connectivity index (χ3v) is 3.45. The summed E-state index contributed by atoms with van der Waals surface area (Å²) in [6.45, 7) is 5.51. The number of hydrogen-bond donors (Lipinski definition) is 2. The maximum absolute atomic E-state index is 11.7. The van der Waals surface area contributed by atoms with Crippen molar-refractivity contribution in [2.24, 2.45) is 0 Å². The molecule has 4 nitrogen and oxygen atoms in total. The lowest BCUT2D eigenvalue weighted by molar-refractivity contribution is -0.121. The molecule has 1 amide bonds. The van der Waals surface area contributed by atoms with Gasteiger partial charge in [0.15, 0.2) is 0 Å². The molecule has 1 aliphatic heterocycles. The predicted molar refractivity (Wildman–Crippen MR) is 75.2 cm³/mol. The number of para-hydroxylation sites is 1. The highest BCUT2D eigenvalue weighted by molar-refractivity contribution is 5.83. The summed E-state index contributed by atoms with van der Waals surface area (Å²) in [5.74, 6) is 1.01. The van der Waals surface area contributed by atoms with E-state index in [-0.39, 0.29) is 18.0 Å². The highest BCUT2D eigenvalue weighted by atomic mass is 16.5. The van der Waals surface area contributed by atoms with E-state index in [0.717, 1.165) is 30.7 Å². The predicted octanol–water partition coefficient (Wildman–Crippen LogP) is 2.01. The monoisotopic (exact) mass is 262 g/mol. The van der Waals surface area contributed by atoms with Gasteiger partial charge in [0.05, 0.1) is 12.6 Å². The van der Waals surface area contributed by atoms with Gasteiger partial charge < -0.3 is 10.1 Å². The number of carbonyl (C=O) groups is 1. The standard InChI is InChI=1S/C15H22N2O2/c1-3-12(17-13-9-10-16-15(13)18)11-7-5-6-8-14(11)19-4-2/h5-8,12-13,17H,3-4,9-10H2,1-2H3,(H,16,18)/t12-,13+/m1/s1. The quantitative estimate of drug-likeness (QED) is 0.824. The molecule has 1 aliphatic rings. The molecular formula is C15H22N2O2. The lowest BCUT2D eigenvalue weighted by Gasteiger charge is -2.23. The Bertz CT molecular complexity index is 434. The van der Waals surface area contributed by atoms with E-state index in [1.54, 1.807) is 0 Å². The highest BCUT2D eigenvalue weighted by Gasteiger charge is 2.27. The second-order valence-corrected chi connectivity index (χ2v) is 4.73. The summed E-state index contributed by atoms with van der Waals surface area (Å²) in [4.78, 5) is 11.7. The smallest absolute Gasteiger partial charge is 0.237 e. The largest absolute Gasteiger partial charge is 0.494 e. The molecule has 2 atom stereocenters. The molecule has 0 bridgehead atoms. The maximum atomic E-state index is 11.7. The van der Waals surface area contributed by atoms with Crippen LogP contribution in [0.2, 0.25) is 0 Å². The Kier molecular flexibility index (Phi) is 4.80. The molecule has 2 N–H and O–H groups in total. The molecule has 1 saturated heterocycles. The molecule has 0 aliphatic carbocycles. The van der Waals surface area contributed by atoms with Gasteiger partial charge in [-0.3, -0.25) is 10.1 Å². The van der Waals surface area contributed by atoms with E-state index in [2.05, 4.69) is 23.6 Å². The minimum atomic E-state index is -0.0837. The Morgan fingerprint density at radius 3 is 2.84 bits per heavy atom. The normalized spacial score (nSPS) is 20.1. The van der Waals surface area contributed by atoms with Crippen molar-refractivity contribution < 1.29 is 9.53 Å². The van der Waals surface area contributed by atoms with Crippen molar-refractivity contribution in [1.29, 1.82) is 0 Å². The Morgan fingerprint density at radius 1 is 1.42 bits per heavy atom. The molecule has 0 unspecified atom stereocenters. The molecule has 0 aromatic heterocycles. The Balaban J connectivity index is 2.14. The second-order valence-electron chi connectivity index (χ2n) is 4.73. The van der Waals surface area contributed by atoms with E-state index in [9.17, 15) is 4.79 Å². The van der Waals surface area contributed by atoms with Crippen LogP contribution >= 0.6 is 0 Å². The third kappa shape index (κ3) is 3.26. The molecule has 1 aromatic rings. The molecular weight excluding hydrogens is 240 g/mol. The van der Waals surface area contributed by atoms with Crippen LogP contribution in [-0.4, -0.2) is 25.1 Å². The van der Waals surface area contributed by atoms with Gasteiger partial charge in [-0.2, -0.15) is 0 Å². The second kappa shape index (κ2) is 6.57. The van der Waals surface area contributed by atoms with Crippen molar-refractivity contribution >= 4 is 5.91 Å². The number of ether oxygens (including phenoxy) is 1. The number of rotatable bonds is 6. The molecule has 19 heavy (non-hydrogen) atoms. The van der Waals surface area contributed by atoms with Crippen molar-refractivity contribution in [3.05, 3.63) is 29.8 Å². The van der Waals surface area contributed by atoms with Crippen LogP contribution in [0.4, 0.5) is 0 Å². The van der Waals surface area contributed by atoms with Gasteiger partial charge in [-0.25, -0.2) is 0 Å². The Morgan fingerprint density at radius 2 is 2.21 bits per heavy atom. The van der Waals surface area contributed by atoms with Crippen molar-refractivity contribution in [2.45, 2.75) is 38.8 Å². The van der Waals surface area contributed by atoms with E-state index in [1.807, 2.05) is 25.1 Å². The van der Waals surface area contributed by atoms with Gasteiger partial charge in [-0.15, -0.1) is 0 Å². The van der Waals surface area contributed by atoms with Crippen LogP contribution in [0.25, 0.3) is 0 Å². The molecule has 0 saturated carbocycles. The van der Waals surface area contributed by atoms with Crippen molar-refractivity contribution in [3.8, 4) is 5.75 Å². The summed E-state index contributed by atoms with van der Waals surface area (Å²) < 4.78 is 5.67. The van der Waals surface area contributed by atoms with Crippen LogP contribution in [0.5, 0.6) is 5.75 Å². The zero-order chi connectivity index (χ0) is 13.7. The first-order chi connectivity index (χ1) is 9.26. The first-order valence-electron chi connectivity index (χ1n) is 7.01. The molecule has 0 spiro atoms. The van der Waals surface area contributed by atoms with Crippen LogP contribution in [0, 0.1) is 0 Å². The molecule has 2 rings (SSSR count). The maximum Gasteiger partial charge on any atom is 0.237 e.